The van der Waals surface area contributed by atoms with Crippen LogP contribution in [0.3, 0.4) is 0 Å². The highest BCUT2D eigenvalue weighted by molar-refractivity contribution is 5.92. The fourth-order valence-electron chi connectivity index (χ4n) is 3.61. The number of benzene rings is 2. The van der Waals surface area contributed by atoms with E-state index in [2.05, 4.69) is 15.4 Å². The van der Waals surface area contributed by atoms with E-state index in [-0.39, 0.29) is 18.4 Å². The molecule has 2 amide bonds. The van der Waals surface area contributed by atoms with Gasteiger partial charge in [-0.1, -0.05) is 35.5 Å². The second-order valence-electron chi connectivity index (χ2n) is 7.60. The summed E-state index contributed by atoms with van der Waals surface area (Å²) in [5.41, 5.74) is 0.352. The lowest BCUT2D eigenvalue weighted by molar-refractivity contribution is -0.123. The number of ether oxygens (including phenoxy) is 1. The van der Waals surface area contributed by atoms with E-state index < -0.39 is 0 Å². The molecule has 162 valence electrons. The van der Waals surface area contributed by atoms with Crippen LogP contribution >= 0.6 is 0 Å². The number of rotatable bonds is 7. The first kappa shape index (κ1) is 20.9. The van der Waals surface area contributed by atoms with Crippen molar-refractivity contribution < 1.29 is 18.8 Å². The molecule has 0 atom stereocenters. The van der Waals surface area contributed by atoms with Gasteiger partial charge in [0.25, 0.3) is 11.8 Å². The number of hydrogen-bond donors (Lipinski definition) is 1. The third-order valence-electron chi connectivity index (χ3n) is 5.35. The van der Waals surface area contributed by atoms with E-state index in [0.29, 0.717) is 36.8 Å². The summed E-state index contributed by atoms with van der Waals surface area (Å²) in [4.78, 5) is 28.5. The summed E-state index contributed by atoms with van der Waals surface area (Å²) in [6.45, 7) is 5.79. The van der Waals surface area contributed by atoms with Crippen LogP contribution in [0.25, 0.3) is 10.8 Å². The van der Waals surface area contributed by atoms with Gasteiger partial charge in [0.1, 0.15) is 11.5 Å². The lowest BCUT2D eigenvalue weighted by Gasteiger charge is -2.34. The molecular formula is C23H26N4O4. The molecule has 0 unspecified atom stereocenters. The molecule has 2 heterocycles. The van der Waals surface area contributed by atoms with Gasteiger partial charge in [-0.25, -0.2) is 0 Å². The quantitative estimate of drug-likeness (QED) is 0.627. The van der Waals surface area contributed by atoms with Gasteiger partial charge in [0.2, 0.25) is 0 Å². The second-order valence-corrected chi connectivity index (χ2v) is 7.60. The molecular weight excluding hydrogens is 396 g/mol. The minimum absolute atomic E-state index is 0.0161. The average molecular weight is 422 g/mol. The monoisotopic (exact) mass is 422 g/mol. The predicted octanol–water partition coefficient (Wildman–Crippen LogP) is 2.09. The topological polar surface area (TPSA) is 87.9 Å². The van der Waals surface area contributed by atoms with Crippen molar-refractivity contribution in [1.29, 1.82) is 0 Å². The number of amides is 2. The smallest absolute Gasteiger partial charge is 0.276 e. The molecule has 1 fully saturated rings. The Kier molecular flexibility index (Phi) is 6.47. The normalized spacial score (nSPS) is 14.5. The molecule has 1 N–H and O–H groups in total. The van der Waals surface area contributed by atoms with Crippen LogP contribution < -0.4 is 10.1 Å². The van der Waals surface area contributed by atoms with Crippen LogP contribution in [0.15, 0.2) is 53.1 Å². The predicted molar refractivity (Wildman–Crippen MR) is 116 cm³/mol. The first-order valence-electron chi connectivity index (χ1n) is 10.4. The van der Waals surface area contributed by atoms with E-state index in [1.165, 1.54) is 0 Å². The van der Waals surface area contributed by atoms with Crippen molar-refractivity contribution in [3.8, 4) is 5.75 Å². The average Bonchev–Trinajstić information content (AvgIpc) is 3.24. The number of hydrogen-bond acceptors (Lipinski definition) is 6. The fourth-order valence-corrected chi connectivity index (χ4v) is 3.61. The van der Waals surface area contributed by atoms with Gasteiger partial charge in [0, 0.05) is 45.3 Å². The van der Waals surface area contributed by atoms with Gasteiger partial charge in [0.15, 0.2) is 12.3 Å². The molecule has 0 bridgehead atoms. The Bertz CT molecular complexity index is 1060. The molecule has 0 radical (unpaired) electrons. The third-order valence-corrected chi connectivity index (χ3v) is 5.35. The molecule has 4 rings (SSSR count). The third kappa shape index (κ3) is 5.40. The lowest BCUT2D eigenvalue weighted by atomic mass is 10.1. The SMILES string of the molecule is Cc1cc(C(=O)N2CCN(CCNC(=O)COc3ccc4ccccc4c3)CC2)no1. The van der Waals surface area contributed by atoms with E-state index in [4.69, 9.17) is 9.26 Å². The summed E-state index contributed by atoms with van der Waals surface area (Å²) in [6, 6.07) is 15.5. The Balaban J connectivity index is 1.14. The highest BCUT2D eigenvalue weighted by Gasteiger charge is 2.24. The Labute approximate surface area is 180 Å². The van der Waals surface area contributed by atoms with Crippen molar-refractivity contribution in [3.05, 3.63) is 60.0 Å². The van der Waals surface area contributed by atoms with E-state index in [0.717, 1.165) is 30.4 Å². The summed E-state index contributed by atoms with van der Waals surface area (Å²) in [7, 11) is 0. The standard InChI is InChI=1S/C23H26N4O4/c1-17-14-21(25-31-17)23(29)27-12-10-26(11-13-27)9-8-24-22(28)16-30-20-7-6-18-4-2-3-5-19(18)15-20/h2-7,14-15H,8-13,16H2,1H3,(H,24,28). The number of carbonyl (C=O) groups is 2. The molecule has 3 aromatic rings. The van der Waals surface area contributed by atoms with Crippen LogP contribution in [0.5, 0.6) is 5.75 Å². The van der Waals surface area contributed by atoms with Gasteiger partial charge >= 0.3 is 0 Å². The maximum absolute atomic E-state index is 12.4. The highest BCUT2D eigenvalue weighted by Crippen LogP contribution is 2.20. The number of nitrogens with zero attached hydrogens (tertiary/aromatic N) is 3. The summed E-state index contributed by atoms with van der Waals surface area (Å²) in [5.74, 6) is 1.05. The van der Waals surface area contributed by atoms with Crippen molar-refractivity contribution in [1.82, 2.24) is 20.3 Å². The van der Waals surface area contributed by atoms with E-state index >= 15 is 0 Å². The molecule has 1 aliphatic heterocycles. The molecule has 1 aliphatic rings. The minimum atomic E-state index is -0.150. The number of nitrogens with one attached hydrogen (secondary N) is 1. The van der Waals surface area contributed by atoms with Crippen molar-refractivity contribution in [2.24, 2.45) is 0 Å². The number of aryl methyl sites for hydroxylation is 1. The van der Waals surface area contributed by atoms with Crippen molar-refractivity contribution >= 4 is 22.6 Å². The number of piperazine rings is 1. The number of fused-ring (bicyclic) bond motifs is 1. The van der Waals surface area contributed by atoms with Gasteiger partial charge < -0.3 is 19.5 Å². The zero-order valence-corrected chi connectivity index (χ0v) is 17.5. The van der Waals surface area contributed by atoms with Gasteiger partial charge in [-0.3, -0.25) is 14.5 Å². The van der Waals surface area contributed by atoms with Gasteiger partial charge in [-0.15, -0.1) is 0 Å². The van der Waals surface area contributed by atoms with Crippen LogP contribution in [-0.4, -0.2) is 72.6 Å². The number of carbonyl (C=O) groups excluding carboxylic acids is 2. The molecule has 8 nitrogen and oxygen atoms in total. The molecule has 0 spiro atoms. The first-order chi connectivity index (χ1) is 15.1. The Morgan fingerprint density at radius 1 is 1.06 bits per heavy atom. The minimum Gasteiger partial charge on any atom is -0.484 e. The maximum Gasteiger partial charge on any atom is 0.276 e. The molecule has 0 saturated carbocycles. The van der Waals surface area contributed by atoms with Crippen molar-refractivity contribution in [3.63, 3.8) is 0 Å². The summed E-state index contributed by atoms with van der Waals surface area (Å²) in [6.07, 6.45) is 0. The van der Waals surface area contributed by atoms with E-state index in [9.17, 15) is 9.59 Å². The molecule has 1 aromatic heterocycles. The molecule has 8 heteroatoms. The largest absolute Gasteiger partial charge is 0.484 e. The van der Waals surface area contributed by atoms with Gasteiger partial charge in [-0.05, 0) is 29.8 Å². The summed E-state index contributed by atoms with van der Waals surface area (Å²) >= 11 is 0. The zero-order valence-electron chi connectivity index (χ0n) is 17.5. The van der Waals surface area contributed by atoms with E-state index in [1.807, 2.05) is 42.5 Å². The van der Waals surface area contributed by atoms with Crippen molar-refractivity contribution in [2.45, 2.75) is 6.92 Å². The second kappa shape index (κ2) is 9.61. The first-order valence-corrected chi connectivity index (χ1v) is 10.4. The zero-order chi connectivity index (χ0) is 21.6. The van der Waals surface area contributed by atoms with Crippen molar-refractivity contribution in [2.75, 3.05) is 45.9 Å². The Hall–Kier alpha value is -3.39. The lowest BCUT2D eigenvalue weighted by Crippen LogP contribution is -2.50. The van der Waals surface area contributed by atoms with Crippen LogP contribution in [-0.2, 0) is 4.79 Å². The molecule has 2 aromatic carbocycles. The van der Waals surface area contributed by atoms with Gasteiger partial charge in [-0.2, -0.15) is 0 Å². The Morgan fingerprint density at radius 2 is 1.84 bits per heavy atom. The summed E-state index contributed by atoms with van der Waals surface area (Å²) in [5, 5.41) is 8.90. The number of aromatic nitrogens is 1. The Morgan fingerprint density at radius 3 is 2.58 bits per heavy atom. The maximum atomic E-state index is 12.4. The highest BCUT2D eigenvalue weighted by atomic mass is 16.5. The van der Waals surface area contributed by atoms with Gasteiger partial charge in [0.05, 0.1) is 0 Å². The van der Waals surface area contributed by atoms with E-state index in [1.54, 1.807) is 17.9 Å². The van der Waals surface area contributed by atoms with Crippen LogP contribution in [0.2, 0.25) is 0 Å². The van der Waals surface area contributed by atoms with Crippen LogP contribution in [0, 0.1) is 6.92 Å². The molecule has 0 aliphatic carbocycles. The summed E-state index contributed by atoms with van der Waals surface area (Å²) < 4.78 is 10.6. The van der Waals surface area contributed by atoms with Crippen LogP contribution in [0.1, 0.15) is 16.2 Å². The van der Waals surface area contributed by atoms with Crippen LogP contribution in [0.4, 0.5) is 0 Å². The fraction of sp³-hybridized carbons (Fsp3) is 0.348. The molecule has 31 heavy (non-hydrogen) atoms. The molecule has 1 saturated heterocycles.